The average Bonchev–Trinajstić information content (AvgIpc) is 2.43. The van der Waals surface area contributed by atoms with Gasteiger partial charge in [0.15, 0.2) is 11.6 Å². The second-order valence-electron chi connectivity index (χ2n) is 4.39. The van der Waals surface area contributed by atoms with E-state index in [9.17, 15) is 26.7 Å². The molecule has 1 amide bonds. The number of alkyl halides is 3. The first-order chi connectivity index (χ1) is 10.6. The molecular weight excluding hydrogens is 364 g/mol. The minimum Gasteiger partial charge on any atom is -0.322 e. The van der Waals surface area contributed by atoms with Gasteiger partial charge in [-0.1, -0.05) is 23.2 Å². The Kier molecular flexibility index (Phi) is 4.81. The van der Waals surface area contributed by atoms with Crippen molar-refractivity contribution in [2.75, 3.05) is 5.32 Å². The van der Waals surface area contributed by atoms with Crippen LogP contribution in [0.1, 0.15) is 15.9 Å². The molecule has 0 aliphatic carbocycles. The predicted octanol–water partition coefficient (Wildman–Crippen LogP) is 5.54. The maximum absolute atomic E-state index is 13.2. The van der Waals surface area contributed by atoms with Crippen LogP contribution in [0, 0.1) is 11.6 Å². The van der Waals surface area contributed by atoms with Crippen LogP contribution in [-0.2, 0) is 6.18 Å². The van der Waals surface area contributed by atoms with E-state index < -0.39 is 39.9 Å². The number of anilines is 1. The van der Waals surface area contributed by atoms with E-state index in [0.717, 1.165) is 12.1 Å². The fourth-order valence-electron chi connectivity index (χ4n) is 1.72. The summed E-state index contributed by atoms with van der Waals surface area (Å²) in [4.78, 5) is 11.9. The van der Waals surface area contributed by atoms with Crippen LogP contribution in [0.4, 0.5) is 27.6 Å². The molecule has 0 saturated heterocycles. The number of carbonyl (C=O) groups excluding carboxylic acids is 1. The van der Waals surface area contributed by atoms with E-state index in [1.54, 1.807) is 0 Å². The molecule has 0 bridgehead atoms. The Hall–Kier alpha value is -1.86. The SMILES string of the molecule is O=C(Nc1ccc(Cl)c(C(F)(F)F)c1)c1cc(F)c(F)cc1Cl. The minimum absolute atomic E-state index is 0.229. The van der Waals surface area contributed by atoms with E-state index in [0.29, 0.717) is 18.2 Å². The quantitative estimate of drug-likeness (QED) is 0.546. The van der Waals surface area contributed by atoms with Crippen molar-refractivity contribution in [2.45, 2.75) is 6.18 Å². The highest BCUT2D eigenvalue weighted by atomic mass is 35.5. The second kappa shape index (κ2) is 6.33. The minimum atomic E-state index is -4.71. The number of halogens is 7. The molecule has 0 radical (unpaired) electrons. The van der Waals surface area contributed by atoms with Gasteiger partial charge >= 0.3 is 6.18 Å². The van der Waals surface area contributed by atoms with Crippen LogP contribution in [0.25, 0.3) is 0 Å². The topological polar surface area (TPSA) is 29.1 Å². The largest absolute Gasteiger partial charge is 0.417 e. The fourth-order valence-corrected chi connectivity index (χ4v) is 2.18. The maximum Gasteiger partial charge on any atom is 0.417 e. The van der Waals surface area contributed by atoms with Crippen LogP contribution in [0.3, 0.4) is 0 Å². The average molecular weight is 370 g/mol. The Labute approximate surface area is 136 Å². The molecule has 122 valence electrons. The van der Waals surface area contributed by atoms with Crippen LogP contribution in [0.15, 0.2) is 30.3 Å². The standard InChI is InChI=1S/C14H6Cl2F5NO/c15-9-2-1-6(3-8(9)14(19,20)21)22-13(23)7-4-11(17)12(18)5-10(7)16/h1-5H,(H,22,23). The van der Waals surface area contributed by atoms with Gasteiger partial charge in [-0.2, -0.15) is 13.2 Å². The van der Waals surface area contributed by atoms with Crippen molar-refractivity contribution in [3.63, 3.8) is 0 Å². The molecule has 0 saturated carbocycles. The molecular formula is C14H6Cl2F5NO. The fraction of sp³-hybridized carbons (Fsp3) is 0.0714. The van der Waals surface area contributed by atoms with Crippen LogP contribution in [-0.4, -0.2) is 5.91 Å². The summed E-state index contributed by atoms with van der Waals surface area (Å²) in [5, 5.41) is 1.19. The summed E-state index contributed by atoms with van der Waals surface area (Å²) in [6.07, 6.45) is -4.71. The van der Waals surface area contributed by atoms with Crippen molar-refractivity contribution in [3.8, 4) is 0 Å². The number of hydrogen-bond donors (Lipinski definition) is 1. The summed E-state index contributed by atoms with van der Waals surface area (Å²) in [5.41, 5.74) is -1.80. The Morgan fingerprint density at radius 1 is 0.957 bits per heavy atom. The Bertz CT molecular complexity index is 776. The maximum atomic E-state index is 13.2. The third kappa shape index (κ3) is 3.92. The van der Waals surface area contributed by atoms with E-state index in [1.807, 2.05) is 0 Å². The molecule has 0 fully saturated rings. The molecule has 0 unspecified atom stereocenters. The van der Waals surface area contributed by atoms with E-state index in [1.165, 1.54) is 0 Å². The molecule has 2 aromatic rings. The molecule has 9 heteroatoms. The van der Waals surface area contributed by atoms with Crippen molar-refractivity contribution in [1.82, 2.24) is 0 Å². The molecule has 2 rings (SSSR count). The highest BCUT2D eigenvalue weighted by Gasteiger charge is 2.33. The highest BCUT2D eigenvalue weighted by molar-refractivity contribution is 6.34. The molecule has 2 nitrogen and oxygen atoms in total. The zero-order chi connectivity index (χ0) is 17.4. The first kappa shape index (κ1) is 17.5. The van der Waals surface area contributed by atoms with Gasteiger partial charge in [-0.15, -0.1) is 0 Å². The summed E-state index contributed by atoms with van der Waals surface area (Å²) in [7, 11) is 0. The molecule has 1 N–H and O–H groups in total. The lowest BCUT2D eigenvalue weighted by molar-refractivity contribution is -0.137. The van der Waals surface area contributed by atoms with Crippen LogP contribution < -0.4 is 5.32 Å². The second-order valence-corrected chi connectivity index (χ2v) is 5.21. The van der Waals surface area contributed by atoms with Gasteiger partial charge in [-0.3, -0.25) is 4.79 Å². The van der Waals surface area contributed by atoms with E-state index in [4.69, 9.17) is 23.2 Å². The number of benzene rings is 2. The number of nitrogens with one attached hydrogen (secondary N) is 1. The first-order valence-corrected chi connectivity index (χ1v) is 6.68. The van der Waals surface area contributed by atoms with Gasteiger partial charge < -0.3 is 5.32 Å². The zero-order valence-corrected chi connectivity index (χ0v) is 12.5. The number of carbonyl (C=O) groups is 1. The molecule has 0 aliphatic rings. The monoisotopic (exact) mass is 369 g/mol. The molecule has 2 aromatic carbocycles. The van der Waals surface area contributed by atoms with E-state index in [-0.39, 0.29) is 10.7 Å². The van der Waals surface area contributed by atoms with Crippen LogP contribution in [0.5, 0.6) is 0 Å². The van der Waals surface area contributed by atoms with Crippen molar-refractivity contribution in [2.24, 2.45) is 0 Å². The summed E-state index contributed by atoms with van der Waals surface area (Å²) in [6.45, 7) is 0. The molecule has 0 aromatic heterocycles. The molecule has 23 heavy (non-hydrogen) atoms. The van der Waals surface area contributed by atoms with Gasteiger partial charge in [0.05, 0.1) is 21.2 Å². The molecule has 0 spiro atoms. The van der Waals surface area contributed by atoms with E-state index in [2.05, 4.69) is 5.32 Å². The van der Waals surface area contributed by atoms with Crippen molar-refractivity contribution < 1.29 is 26.7 Å². The third-order valence-corrected chi connectivity index (χ3v) is 3.43. The van der Waals surface area contributed by atoms with Gasteiger partial charge in [0, 0.05) is 5.69 Å². The van der Waals surface area contributed by atoms with E-state index >= 15 is 0 Å². The van der Waals surface area contributed by atoms with Gasteiger partial charge in [0.2, 0.25) is 0 Å². The van der Waals surface area contributed by atoms with Gasteiger partial charge in [-0.25, -0.2) is 8.78 Å². The lowest BCUT2D eigenvalue weighted by atomic mass is 10.1. The van der Waals surface area contributed by atoms with Crippen LogP contribution >= 0.6 is 23.2 Å². The molecule has 0 aliphatic heterocycles. The summed E-state index contributed by atoms with van der Waals surface area (Å²) in [5.74, 6) is -3.56. The third-order valence-electron chi connectivity index (χ3n) is 2.78. The normalized spacial score (nSPS) is 11.4. The van der Waals surface area contributed by atoms with Gasteiger partial charge in [0.1, 0.15) is 0 Å². The number of amides is 1. The molecule has 0 heterocycles. The Balaban J connectivity index is 2.33. The predicted molar refractivity (Wildman–Crippen MR) is 75.8 cm³/mol. The van der Waals surface area contributed by atoms with Gasteiger partial charge in [0.25, 0.3) is 5.91 Å². The molecule has 0 atom stereocenters. The highest BCUT2D eigenvalue weighted by Crippen LogP contribution is 2.36. The summed E-state index contributed by atoms with van der Waals surface area (Å²) in [6, 6.07) is 3.84. The summed E-state index contributed by atoms with van der Waals surface area (Å²) >= 11 is 11.1. The van der Waals surface area contributed by atoms with Crippen molar-refractivity contribution in [3.05, 3.63) is 63.1 Å². The number of rotatable bonds is 2. The Morgan fingerprint density at radius 2 is 1.57 bits per heavy atom. The van der Waals surface area contributed by atoms with Gasteiger partial charge in [-0.05, 0) is 30.3 Å². The lowest BCUT2D eigenvalue weighted by Crippen LogP contribution is -2.14. The smallest absolute Gasteiger partial charge is 0.322 e. The van der Waals surface area contributed by atoms with Crippen LogP contribution in [0.2, 0.25) is 10.0 Å². The number of hydrogen-bond acceptors (Lipinski definition) is 1. The van der Waals surface area contributed by atoms with Crippen molar-refractivity contribution >= 4 is 34.8 Å². The Morgan fingerprint density at radius 3 is 2.17 bits per heavy atom. The summed E-state index contributed by atoms with van der Waals surface area (Å²) < 4.78 is 64.3. The lowest BCUT2D eigenvalue weighted by Gasteiger charge is -2.12. The zero-order valence-electron chi connectivity index (χ0n) is 10.9. The first-order valence-electron chi connectivity index (χ1n) is 5.92. The van der Waals surface area contributed by atoms with Crippen molar-refractivity contribution in [1.29, 1.82) is 0 Å².